The largest absolute Gasteiger partial charge is 0.256 e. The molecular formula is C49H33N3. The third-order valence-corrected chi connectivity index (χ3v) is 9.53. The van der Waals surface area contributed by atoms with Crippen molar-refractivity contribution in [2.45, 2.75) is 0 Å². The fourth-order valence-electron chi connectivity index (χ4n) is 6.91. The molecule has 2 heterocycles. The first-order valence-corrected chi connectivity index (χ1v) is 17.5. The van der Waals surface area contributed by atoms with Crippen LogP contribution in [0.3, 0.4) is 0 Å². The Balaban J connectivity index is 1.26. The molecule has 0 saturated heterocycles. The summed E-state index contributed by atoms with van der Waals surface area (Å²) in [6, 6.07) is 67.9. The van der Waals surface area contributed by atoms with E-state index < -0.39 is 0 Å². The molecule has 0 aliphatic carbocycles. The quantitative estimate of drug-likeness (QED) is 0.170. The van der Waals surface area contributed by atoms with Crippen LogP contribution in [0.15, 0.2) is 200 Å². The highest BCUT2D eigenvalue weighted by atomic mass is 14.8. The van der Waals surface area contributed by atoms with Crippen LogP contribution in [-0.4, -0.2) is 15.0 Å². The smallest absolute Gasteiger partial charge is 0.0973 e. The van der Waals surface area contributed by atoms with Crippen LogP contribution in [0.4, 0.5) is 0 Å². The lowest BCUT2D eigenvalue weighted by atomic mass is 9.90. The van der Waals surface area contributed by atoms with Gasteiger partial charge < -0.3 is 0 Å². The van der Waals surface area contributed by atoms with E-state index in [-0.39, 0.29) is 0 Å². The summed E-state index contributed by atoms with van der Waals surface area (Å²) in [6.07, 6.45) is 1.82. The summed E-state index contributed by atoms with van der Waals surface area (Å²) < 4.78 is 0. The second-order valence-corrected chi connectivity index (χ2v) is 12.9. The number of hydrogen-bond acceptors (Lipinski definition) is 3. The third-order valence-electron chi connectivity index (χ3n) is 9.53. The van der Waals surface area contributed by atoms with Crippen LogP contribution in [0.1, 0.15) is 0 Å². The molecule has 0 fully saturated rings. The molecule has 3 nitrogen and oxygen atoms in total. The Morgan fingerprint density at radius 3 is 1.15 bits per heavy atom. The van der Waals surface area contributed by atoms with Gasteiger partial charge in [-0.25, -0.2) is 9.97 Å². The molecule has 3 heteroatoms. The predicted molar refractivity (Wildman–Crippen MR) is 215 cm³/mol. The molecule has 0 atom stereocenters. The first kappa shape index (κ1) is 31.0. The van der Waals surface area contributed by atoms with Crippen molar-refractivity contribution in [1.82, 2.24) is 15.0 Å². The molecule has 0 radical (unpaired) electrons. The van der Waals surface area contributed by atoms with E-state index in [4.69, 9.17) is 9.97 Å². The zero-order valence-electron chi connectivity index (χ0n) is 28.4. The van der Waals surface area contributed by atoms with E-state index in [9.17, 15) is 0 Å². The molecule has 0 amide bonds. The van der Waals surface area contributed by atoms with Crippen LogP contribution in [-0.2, 0) is 0 Å². The minimum absolute atomic E-state index is 0.839. The van der Waals surface area contributed by atoms with Crippen LogP contribution >= 0.6 is 0 Å². The van der Waals surface area contributed by atoms with E-state index in [1.807, 2.05) is 30.5 Å². The molecule has 7 aromatic carbocycles. The minimum Gasteiger partial charge on any atom is -0.256 e. The van der Waals surface area contributed by atoms with E-state index in [0.29, 0.717) is 0 Å². The maximum atomic E-state index is 5.41. The fraction of sp³-hybridized carbons (Fsp3) is 0. The zero-order chi connectivity index (χ0) is 34.7. The van der Waals surface area contributed by atoms with Gasteiger partial charge in [0.25, 0.3) is 0 Å². The van der Waals surface area contributed by atoms with Gasteiger partial charge in [0.15, 0.2) is 0 Å². The zero-order valence-corrected chi connectivity index (χ0v) is 28.4. The van der Waals surface area contributed by atoms with E-state index in [0.717, 1.165) is 67.1 Å². The average molecular weight is 664 g/mol. The van der Waals surface area contributed by atoms with Crippen molar-refractivity contribution >= 4 is 11.0 Å². The van der Waals surface area contributed by atoms with E-state index in [2.05, 4.69) is 175 Å². The maximum Gasteiger partial charge on any atom is 0.0973 e. The topological polar surface area (TPSA) is 38.7 Å². The summed E-state index contributed by atoms with van der Waals surface area (Å²) in [5.41, 5.74) is 16.6. The van der Waals surface area contributed by atoms with Crippen molar-refractivity contribution in [3.8, 4) is 78.3 Å². The standard InChI is InChI=1S/C49H33N3/c1-4-14-34(15-5-1)39-20-12-22-41(30-39)43-32-46-47(33-44(43)42-23-13-21-40(31-42)35-16-6-2-7-17-35)52-49(48(51-46)37-18-8-3-9-19-37)38-27-25-36(26-28-38)45-24-10-11-29-50-45/h1-33H. The van der Waals surface area contributed by atoms with E-state index in [1.165, 1.54) is 22.3 Å². The lowest BCUT2D eigenvalue weighted by Gasteiger charge is -2.16. The summed E-state index contributed by atoms with van der Waals surface area (Å²) in [4.78, 5) is 15.4. The van der Waals surface area contributed by atoms with E-state index >= 15 is 0 Å². The first-order valence-electron chi connectivity index (χ1n) is 17.5. The van der Waals surface area contributed by atoms with Gasteiger partial charge in [0.2, 0.25) is 0 Å². The Hall–Kier alpha value is -6.97. The van der Waals surface area contributed by atoms with Gasteiger partial charge in [0, 0.05) is 22.9 Å². The second-order valence-electron chi connectivity index (χ2n) is 12.9. The summed E-state index contributed by atoms with van der Waals surface area (Å²) in [5.74, 6) is 0. The molecule has 0 N–H and O–H groups in total. The first-order chi connectivity index (χ1) is 25.8. The van der Waals surface area contributed by atoms with Crippen molar-refractivity contribution in [2.75, 3.05) is 0 Å². The molecule has 9 aromatic rings. The van der Waals surface area contributed by atoms with Gasteiger partial charge in [-0.3, -0.25) is 4.98 Å². The number of aromatic nitrogens is 3. The van der Waals surface area contributed by atoms with Gasteiger partial charge in [-0.05, 0) is 80.9 Å². The molecule has 0 bridgehead atoms. The lowest BCUT2D eigenvalue weighted by molar-refractivity contribution is 1.29. The molecular weight excluding hydrogens is 631 g/mol. The van der Waals surface area contributed by atoms with Crippen LogP contribution in [0, 0.1) is 0 Å². The van der Waals surface area contributed by atoms with Crippen molar-refractivity contribution in [1.29, 1.82) is 0 Å². The van der Waals surface area contributed by atoms with Crippen molar-refractivity contribution in [3.05, 3.63) is 200 Å². The highest BCUT2D eigenvalue weighted by Gasteiger charge is 2.18. The number of nitrogens with zero attached hydrogens (tertiary/aromatic N) is 3. The summed E-state index contributed by atoms with van der Waals surface area (Å²) in [5, 5.41) is 0. The van der Waals surface area contributed by atoms with E-state index in [1.54, 1.807) is 0 Å². The third kappa shape index (κ3) is 6.17. The minimum atomic E-state index is 0.839. The number of benzene rings is 7. The number of fused-ring (bicyclic) bond motifs is 1. The number of hydrogen-bond donors (Lipinski definition) is 0. The molecule has 0 unspecified atom stereocenters. The molecule has 2 aromatic heterocycles. The van der Waals surface area contributed by atoms with Gasteiger partial charge in [-0.2, -0.15) is 0 Å². The van der Waals surface area contributed by atoms with Crippen molar-refractivity contribution in [2.24, 2.45) is 0 Å². The second kappa shape index (κ2) is 13.7. The highest BCUT2D eigenvalue weighted by molar-refractivity contribution is 5.97. The molecule has 0 aliphatic heterocycles. The predicted octanol–water partition coefficient (Wildman–Crippen LogP) is 12.7. The molecule has 244 valence electrons. The maximum absolute atomic E-state index is 5.41. The molecule has 9 rings (SSSR count). The molecule has 0 saturated carbocycles. The van der Waals surface area contributed by atoms with Crippen LogP contribution in [0.25, 0.3) is 89.3 Å². The lowest BCUT2D eigenvalue weighted by Crippen LogP contribution is -1.97. The average Bonchev–Trinajstić information content (AvgIpc) is 3.24. The van der Waals surface area contributed by atoms with Crippen LogP contribution in [0.2, 0.25) is 0 Å². The summed E-state index contributed by atoms with van der Waals surface area (Å²) in [6.45, 7) is 0. The van der Waals surface area contributed by atoms with Gasteiger partial charge >= 0.3 is 0 Å². The summed E-state index contributed by atoms with van der Waals surface area (Å²) >= 11 is 0. The summed E-state index contributed by atoms with van der Waals surface area (Å²) in [7, 11) is 0. The molecule has 52 heavy (non-hydrogen) atoms. The Morgan fingerprint density at radius 2 is 0.673 bits per heavy atom. The Bertz CT molecular complexity index is 2640. The number of rotatable bonds is 7. The SMILES string of the molecule is c1ccc(-c2cccc(-c3cc4nc(-c5ccccc5)c(-c5ccc(-c6ccccn6)cc5)nc4cc3-c3cccc(-c4ccccc4)c3)c2)cc1. The monoisotopic (exact) mass is 663 g/mol. The molecule has 0 aliphatic rings. The Kier molecular flexibility index (Phi) is 8.20. The Labute approximate surface area is 303 Å². The van der Waals surface area contributed by atoms with Crippen LogP contribution in [0.5, 0.6) is 0 Å². The fourth-order valence-corrected chi connectivity index (χ4v) is 6.91. The van der Waals surface area contributed by atoms with Gasteiger partial charge in [0.1, 0.15) is 0 Å². The van der Waals surface area contributed by atoms with Crippen molar-refractivity contribution in [3.63, 3.8) is 0 Å². The van der Waals surface area contributed by atoms with Gasteiger partial charge in [0.05, 0.1) is 28.1 Å². The van der Waals surface area contributed by atoms with Crippen molar-refractivity contribution < 1.29 is 0 Å². The number of pyridine rings is 1. The van der Waals surface area contributed by atoms with Gasteiger partial charge in [-0.1, -0.05) is 158 Å². The highest BCUT2D eigenvalue weighted by Crippen LogP contribution is 2.40. The van der Waals surface area contributed by atoms with Gasteiger partial charge in [-0.15, -0.1) is 0 Å². The Morgan fingerprint density at radius 1 is 0.269 bits per heavy atom. The van der Waals surface area contributed by atoms with Crippen LogP contribution < -0.4 is 0 Å². The molecule has 0 spiro atoms. The normalized spacial score (nSPS) is 11.1.